The van der Waals surface area contributed by atoms with Crippen molar-refractivity contribution >= 4 is 29.9 Å². The van der Waals surface area contributed by atoms with Gasteiger partial charge in [0.05, 0.1) is 0 Å². The molecule has 1 atom stereocenters. The van der Waals surface area contributed by atoms with Crippen LogP contribution in [0.5, 0.6) is 5.75 Å². The number of ether oxygens (including phenoxy) is 1. The van der Waals surface area contributed by atoms with Crippen LogP contribution in [0.3, 0.4) is 0 Å². The summed E-state index contributed by atoms with van der Waals surface area (Å²) >= 11 is 5.95. The molecule has 3 N–H and O–H groups in total. The van der Waals surface area contributed by atoms with Gasteiger partial charge in [-0.3, -0.25) is 4.79 Å². The maximum Gasteiger partial charge on any atom is 0.251 e. The standard InChI is InChI=1S/C18H21ClN2O2.ClH/c1-13(10-20)11-21-18(22)15-5-3-7-17(9-15)23-12-14-4-2-6-16(19)8-14;/h2-9,13H,10-12,20H2,1H3,(H,21,22);1H. The van der Waals surface area contributed by atoms with Gasteiger partial charge in [-0.2, -0.15) is 0 Å². The largest absolute Gasteiger partial charge is 0.489 e. The summed E-state index contributed by atoms with van der Waals surface area (Å²) in [5.41, 5.74) is 7.09. The van der Waals surface area contributed by atoms with Crippen LogP contribution in [0, 0.1) is 5.92 Å². The molecule has 0 aliphatic carbocycles. The molecule has 24 heavy (non-hydrogen) atoms. The molecule has 0 heterocycles. The van der Waals surface area contributed by atoms with Gasteiger partial charge in [-0.05, 0) is 48.4 Å². The van der Waals surface area contributed by atoms with Gasteiger partial charge in [0.2, 0.25) is 0 Å². The zero-order chi connectivity index (χ0) is 16.7. The van der Waals surface area contributed by atoms with Gasteiger partial charge in [0.1, 0.15) is 12.4 Å². The second-order valence-corrected chi connectivity index (χ2v) is 5.93. The Morgan fingerprint density at radius 1 is 1.25 bits per heavy atom. The summed E-state index contributed by atoms with van der Waals surface area (Å²) in [7, 11) is 0. The second-order valence-electron chi connectivity index (χ2n) is 5.50. The minimum absolute atomic E-state index is 0. The fourth-order valence-corrected chi connectivity index (χ4v) is 2.19. The van der Waals surface area contributed by atoms with Gasteiger partial charge in [-0.1, -0.05) is 36.7 Å². The van der Waals surface area contributed by atoms with Crippen LogP contribution in [0.2, 0.25) is 5.02 Å². The van der Waals surface area contributed by atoms with Crippen LogP contribution in [0.1, 0.15) is 22.8 Å². The Kier molecular flexibility index (Phi) is 8.61. The van der Waals surface area contributed by atoms with Gasteiger partial charge in [-0.25, -0.2) is 0 Å². The molecule has 0 bridgehead atoms. The number of amides is 1. The first-order valence-electron chi connectivity index (χ1n) is 7.54. The maximum atomic E-state index is 12.1. The molecular weight excluding hydrogens is 347 g/mol. The lowest BCUT2D eigenvalue weighted by atomic mass is 10.1. The molecule has 130 valence electrons. The first kappa shape index (κ1) is 20.3. The van der Waals surface area contributed by atoms with Crippen LogP contribution in [0.15, 0.2) is 48.5 Å². The van der Waals surface area contributed by atoms with Gasteiger partial charge in [-0.15, -0.1) is 12.4 Å². The summed E-state index contributed by atoms with van der Waals surface area (Å²) in [6.45, 7) is 3.49. The zero-order valence-electron chi connectivity index (χ0n) is 13.5. The van der Waals surface area contributed by atoms with Crippen LogP contribution >= 0.6 is 24.0 Å². The average molecular weight is 369 g/mol. The third-order valence-electron chi connectivity index (χ3n) is 3.40. The Bertz CT molecular complexity index is 665. The molecule has 0 aliphatic rings. The molecule has 1 unspecified atom stereocenters. The van der Waals surface area contributed by atoms with Gasteiger partial charge in [0, 0.05) is 17.1 Å². The van der Waals surface area contributed by atoms with Crippen LogP contribution < -0.4 is 15.8 Å². The Morgan fingerprint density at radius 2 is 2.00 bits per heavy atom. The van der Waals surface area contributed by atoms with Gasteiger partial charge >= 0.3 is 0 Å². The number of benzene rings is 2. The van der Waals surface area contributed by atoms with E-state index >= 15 is 0 Å². The molecule has 2 aromatic carbocycles. The van der Waals surface area contributed by atoms with Crippen LogP contribution in [-0.2, 0) is 6.61 Å². The van der Waals surface area contributed by atoms with Gasteiger partial charge in [0.25, 0.3) is 5.91 Å². The van der Waals surface area contributed by atoms with E-state index < -0.39 is 0 Å². The van der Waals surface area contributed by atoms with Crippen molar-refractivity contribution in [1.29, 1.82) is 0 Å². The van der Waals surface area contributed by atoms with Crippen molar-refractivity contribution in [1.82, 2.24) is 5.32 Å². The van der Waals surface area contributed by atoms with Crippen molar-refractivity contribution in [2.24, 2.45) is 11.7 Å². The zero-order valence-corrected chi connectivity index (χ0v) is 15.1. The van der Waals surface area contributed by atoms with E-state index in [-0.39, 0.29) is 24.2 Å². The molecule has 0 saturated heterocycles. The Balaban J connectivity index is 0.00000288. The summed E-state index contributed by atoms with van der Waals surface area (Å²) in [5, 5.41) is 3.54. The lowest BCUT2D eigenvalue weighted by Gasteiger charge is -2.11. The fraction of sp³-hybridized carbons (Fsp3) is 0.278. The molecule has 2 rings (SSSR count). The van der Waals surface area contributed by atoms with Crippen LogP contribution in [0.4, 0.5) is 0 Å². The van der Waals surface area contributed by atoms with Crippen LogP contribution in [0.25, 0.3) is 0 Å². The Morgan fingerprint density at radius 3 is 2.71 bits per heavy atom. The van der Waals surface area contributed by atoms with Gasteiger partial charge < -0.3 is 15.8 Å². The molecule has 6 heteroatoms. The van der Waals surface area contributed by atoms with E-state index in [1.54, 1.807) is 18.2 Å². The molecule has 2 aromatic rings. The molecule has 4 nitrogen and oxygen atoms in total. The van der Waals surface area contributed by atoms with Crippen molar-refractivity contribution in [3.05, 3.63) is 64.7 Å². The molecular formula is C18H22Cl2N2O2. The highest BCUT2D eigenvalue weighted by atomic mass is 35.5. The van der Waals surface area contributed by atoms with E-state index in [9.17, 15) is 4.79 Å². The number of nitrogens with two attached hydrogens (primary N) is 1. The van der Waals surface area contributed by atoms with Crippen LogP contribution in [-0.4, -0.2) is 19.0 Å². The Labute approximate surface area is 153 Å². The topological polar surface area (TPSA) is 64.3 Å². The number of carbonyl (C=O) groups is 1. The molecule has 1 amide bonds. The quantitative estimate of drug-likeness (QED) is 0.783. The highest BCUT2D eigenvalue weighted by Gasteiger charge is 2.08. The molecule has 0 saturated carbocycles. The molecule has 0 aromatic heterocycles. The monoisotopic (exact) mass is 368 g/mol. The fourth-order valence-electron chi connectivity index (χ4n) is 1.97. The SMILES string of the molecule is CC(CN)CNC(=O)c1cccc(OCc2cccc(Cl)c2)c1.Cl. The smallest absolute Gasteiger partial charge is 0.251 e. The number of nitrogens with one attached hydrogen (secondary N) is 1. The minimum Gasteiger partial charge on any atom is -0.489 e. The number of hydrogen-bond acceptors (Lipinski definition) is 3. The number of halogens is 2. The Hall–Kier alpha value is -1.75. The molecule has 0 spiro atoms. The van der Waals surface area contributed by atoms with Crippen molar-refractivity contribution in [2.75, 3.05) is 13.1 Å². The van der Waals surface area contributed by atoms with E-state index in [1.807, 2.05) is 37.3 Å². The lowest BCUT2D eigenvalue weighted by Crippen LogP contribution is -2.31. The summed E-state index contributed by atoms with van der Waals surface area (Å²) < 4.78 is 5.73. The van der Waals surface area contributed by atoms with Crippen molar-refractivity contribution in [3.63, 3.8) is 0 Å². The minimum atomic E-state index is -0.126. The lowest BCUT2D eigenvalue weighted by molar-refractivity contribution is 0.0948. The number of carbonyl (C=O) groups excluding carboxylic acids is 1. The highest BCUT2D eigenvalue weighted by Crippen LogP contribution is 2.17. The van der Waals surface area contributed by atoms with Gasteiger partial charge in [0.15, 0.2) is 0 Å². The normalized spacial score (nSPS) is 11.3. The molecule has 0 fully saturated rings. The third kappa shape index (κ3) is 6.40. The summed E-state index contributed by atoms with van der Waals surface area (Å²) in [4.78, 5) is 12.1. The summed E-state index contributed by atoms with van der Waals surface area (Å²) in [5.74, 6) is 0.768. The first-order chi connectivity index (χ1) is 11.1. The third-order valence-corrected chi connectivity index (χ3v) is 3.64. The summed E-state index contributed by atoms with van der Waals surface area (Å²) in [6, 6.07) is 14.6. The van der Waals surface area contributed by atoms with Crippen molar-refractivity contribution < 1.29 is 9.53 Å². The van der Waals surface area contributed by atoms with E-state index in [4.69, 9.17) is 22.1 Å². The average Bonchev–Trinajstić information content (AvgIpc) is 2.58. The maximum absolute atomic E-state index is 12.1. The van der Waals surface area contributed by atoms with E-state index in [0.29, 0.717) is 36.0 Å². The molecule has 0 aliphatic heterocycles. The predicted octanol–water partition coefficient (Wildman–Crippen LogP) is 3.67. The van der Waals surface area contributed by atoms with E-state index in [0.717, 1.165) is 5.56 Å². The van der Waals surface area contributed by atoms with E-state index in [1.165, 1.54) is 0 Å². The number of rotatable bonds is 7. The second kappa shape index (κ2) is 10.2. The predicted molar refractivity (Wildman–Crippen MR) is 100 cm³/mol. The highest BCUT2D eigenvalue weighted by molar-refractivity contribution is 6.30. The van der Waals surface area contributed by atoms with Crippen molar-refractivity contribution in [2.45, 2.75) is 13.5 Å². The van der Waals surface area contributed by atoms with Crippen molar-refractivity contribution in [3.8, 4) is 5.75 Å². The van der Waals surface area contributed by atoms with E-state index in [2.05, 4.69) is 5.32 Å². The number of hydrogen-bond donors (Lipinski definition) is 2. The first-order valence-corrected chi connectivity index (χ1v) is 7.92. The molecule has 0 radical (unpaired) electrons. The summed E-state index contributed by atoms with van der Waals surface area (Å²) in [6.07, 6.45) is 0.